The van der Waals surface area contributed by atoms with Gasteiger partial charge in [-0.1, -0.05) is 58.7 Å². The molecule has 1 fully saturated rings. The van der Waals surface area contributed by atoms with Crippen molar-refractivity contribution in [3.05, 3.63) is 29.8 Å². The Morgan fingerprint density at radius 1 is 1.05 bits per heavy atom. The molecular formula is C20H33N. The van der Waals surface area contributed by atoms with Crippen molar-refractivity contribution >= 4 is 5.69 Å². The van der Waals surface area contributed by atoms with Crippen LogP contribution in [0.2, 0.25) is 0 Å². The smallest absolute Gasteiger partial charge is 0.0374 e. The van der Waals surface area contributed by atoms with Gasteiger partial charge in [0.2, 0.25) is 0 Å². The topological polar surface area (TPSA) is 12.0 Å². The molecule has 0 radical (unpaired) electrons. The zero-order valence-electron chi connectivity index (χ0n) is 14.4. The van der Waals surface area contributed by atoms with Crippen molar-refractivity contribution in [3.8, 4) is 0 Å². The van der Waals surface area contributed by atoms with E-state index in [0.717, 1.165) is 5.92 Å². The number of benzene rings is 1. The van der Waals surface area contributed by atoms with Crippen LogP contribution in [-0.4, -0.2) is 6.04 Å². The van der Waals surface area contributed by atoms with Gasteiger partial charge in [-0.05, 0) is 55.1 Å². The monoisotopic (exact) mass is 287 g/mol. The molecule has 0 aromatic heterocycles. The van der Waals surface area contributed by atoms with Gasteiger partial charge in [-0.3, -0.25) is 0 Å². The van der Waals surface area contributed by atoms with E-state index in [4.69, 9.17) is 0 Å². The number of anilines is 1. The molecule has 2 atom stereocenters. The largest absolute Gasteiger partial charge is 0.382 e. The summed E-state index contributed by atoms with van der Waals surface area (Å²) in [5, 5.41) is 3.85. The van der Waals surface area contributed by atoms with Crippen molar-refractivity contribution < 1.29 is 0 Å². The summed E-state index contributed by atoms with van der Waals surface area (Å²) in [5.74, 6) is 0.884. The molecule has 2 unspecified atom stereocenters. The van der Waals surface area contributed by atoms with Crippen molar-refractivity contribution in [1.82, 2.24) is 0 Å². The maximum atomic E-state index is 3.85. The third-order valence-corrected chi connectivity index (χ3v) is 5.09. The molecule has 0 heterocycles. The average molecular weight is 287 g/mol. The van der Waals surface area contributed by atoms with Crippen LogP contribution in [0, 0.1) is 11.3 Å². The molecule has 0 spiro atoms. The first-order valence-corrected chi connectivity index (χ1v) is 8.85. The van der Waals surface area contributed by atoms with E-state index in [1.165, 1.54) is 56.2 Å². The van der Waals surface area contributed by atoms with Crippen molar-refractivity contribution in [3.63, 3.8) is 0 Å². The fourth-order valence-electron chi connectivity index (χ4n) is 3.68. The van der Waals surface area contributed by atoms with E-state index < -0.39 is 0 Å². The SMILES string of the molecule is CCCc1ccccc1NC1CCCC(C(C)(C)C)CC1. The summed E-state index contributed by atoms with van der Waals surface area (Å²) in [6, 6.07) is 9.53. The summed E-state index contributed by atoms with van der Waals surface area (Å²) < 4.78 is 0. The van der Waals surface area contributed by atoms with Crippen molar-refractivity contribution in [2.24, 2.45) is 11.3 Å². The Bertz CT molecular complexity index is 430. The molecule has 0 bridgehead atoms. The zero-order valence-corrected chi connectivity index (χ0v) is 14.4. The minimum Gasteiger partial charge on any atom is -0.382 e. The fraction of sp³-hybridized carbons (Fsp3) is 0.700. The van der Waals surface area contributed by atoms with Crippen LogP contribution < -0.4 is 5.32 Å². The van der Waals surface area contributed by atoms with E-state index in [-0.39, 0.29) is 0 Å². The second-order valence-electron chi connectivity index (χ2n) is 7.82. The molecule has 1 saturated carbocycles. The van der Waals surface area contributed by atoms with E-state index in [1.54, 1.807) is 0 Å². The van der Waals surface area contributed by atoms with E-state index in [0.29, 0.717) is 11.5 Å². The summed E-state index contributed by atoms with van der Waals surface area (Å²) in [6.07, 6.45) is 9.19. The Balaban J connectivity index is 1.98. The molecule has 1 nitrogen and oxygen atoms in total. The number of rotatable bonds is 4. The molecule has 2 rings (SSSR count). The number of para-hydroxylation sites is 1. The summed E-state index contributed by atoms with van der Waals surface area (Å²) in [5.41, 5.74) is 3.32. The Morgan fingerprint density at radius 2 is 1.81 bits per heavy atom. The molecule has 0 saturated heterocycles. The molecule has 1 N–H and O–H groups in total. The van der Waals surface area contributed by atoms with Crippen LogP contribution in [0.15, 0.2) is 24.3 Å². The normalized spacial score (nSPS) is 23.6. The zero-order chi connectivity index (χ0) is 15.3. The Hall–Kier alpha value is -0.980. The summed E-state index contributed by atoms with van der Waals surface area (Å²) >= 11 is 0. The Kier molecular flexibility index (Phi) is 5.72. The third-order valence-electron chi connectivity index (χ3n) is 5.09. The minimum atomic E-state index is 0.467. The highest BCUT2D eigenvalue weighted by atomic mass is 14.9. The van der Waals surface area contributed by atoms with Crippen LogP contribution in [0.5, 0.6) is 0 Å². The lowest BCUT2D eigenvalue weighted by Gasteiger charge is -2.29. The lowest BCUT2D eigenvalue weighted by Crippen LogP contribution is -2.22. The molecule has 1 aromatic carbocycles. The predicted molar refractivity (Wildman–Crippen MR) is 93.9 cm³/mol. The molecule has 1 heteroatoms. The average Bonchev–Trinajstić information content (AvgIpc) is 2.66. The molecule has 1 aliphatic carbocycles. The lowest BCUT2D eigenvalue weighted by molar-refractivity contribution is 0.214. The summed E-state index contributed by atoms with van der Waals surface area (Å²) in [7, 11) is 0. The Morgan fingerprint density at radius 3 is 2.52 bits per heavy atom. The number of hydrogen-bond donors (Lipinski definition) is 1. The van der Waals surface area contributed by atoms with E-state index in [2.05, 4.69) is 57.3 Å². The molecular weight excluding hydrogens is 254 g/mol. The van der Waals surface area contributed by atoms with Crippen LogP contribution in [0.3, 0.4) is 0 Å². The fourth-order valence-corrected chi connectivity index (χ4v) is 3.68. The molecule has 1 aliphatic rings. The van der Waals surface area contributed by atoms with Gasteiger partial charge in [0.05, 0.1) is 0 Å². The van der Waals surface area contributed by atoms with Gasteiger partial charge < -0.3 is 5.32 Å². The Labute approximate surface area is 131 Å². The highest BCUT2D eigenvalue weighted by molar-refractivity contribution is 5.51. The molecule has 21 heavy (non-hydrogen) atoms. The predicted octanol–water partition coefficient (Wildman–Crippen LogP) is 6.05. The minimum absolute atomic E-state index is 0.467. The van der Waals surface area contributed by atoms with Gasteiger partial charge in [-0.25, -0.2) is 0 Å². The molecule has 118 valence electrons. The summed E-state index contributed by atoms with van der Waals surface area (Å²) in [6.45, 7) is 9.47. The number of nitrogens with one attached hydrogen (secondary N) is 1. The second-order valence-corrected chi connectivity index (χ2v) is 7.82. The van der Waals surface area contributed by atoms with Crippen molar-refractivity contribution in [1.29, 1.82) is 0 Å². The van der Waals surface area contributed by atoms with Crippen LogP contribution >= 0.6 is 0 Å². The van der Waals surface area contributed by atoms with Crippen molar-refractivity contribution in [2.45, 2.75) is 78.7 Å². The lowest BCUT2D eigenvalue weighted by atomic mass is 9.76. The van der Waals surface area contributed by atoms with Crippen molar-refractivity contribution in [2.75, 3.05) is 5.32 Å². The van der Waals surface area contributed by atoms with E-state index in [1.807, 2.05) is 0 Å². The van der Waals surface area contributed by atoms with Crippen LogP contribution in [0.4, 0.5) is 5.69 Å². The van der Waals surface area contributed by atoms with E-state index in [9.17, 15) is 0 Å². The molecule has 1 aromatic rings. The third kappa shape index (κ3) is 4.76. The maximum Gasteiger partial charge on any atom is 0.0374 e. The van der Waals surface area contributed by atoms with E-state index >= 15 is 0 Å². The maximum absolute atomic E-state index is 3.85. The highest BCUT2D eigenvalue weighted by Gasteiger charge is 2.27. The number of hydrogen-bond acceptors (Lipinski definition) is 1. The highest BCUT2D eigenvalue weighted by Crippen LogP contribution is 2.37. The van der Waals surface area contributed by atoms with Crippen LogP contribution in [-0.2, 0) is 6.42 Å². The standard InChI is InChI=1S/C20H33N/c1-5-9-16-10-6-7-13-19(16)21-18-12-8-11-17(14-15-18)20(2,3)4/h6-7,10,13,17-18,21H,5,8-9,11-12,14-15H2,1-4H3. The van der Waals surface area contributed by atoms with Gasteiger partial charge in [0, 0.05) is 11.7 Å². The molecule has 0 aliphatic heterocycles. The van der Waals surface area contributed by atoms with Crippen LogP contribution in [0.1, 0.15) is 71.8 Å². The van der Waals surface area contributed by atoms with Gasteiger partial charge in [0.25, 0.3) is 0 Å². The van der Waals surface area contributed by atoms with Gasteiger partial charge in [0.15, 0.2) is 0 Å². The first-order chi connectivity index (χ1) is 10.0. The van der Waals surface area contributed by atoms with Gasteiger partial charge in [-0.2, -0.15) is 0 Å². The first kappa shape index (κ1) is 16.4. The van der Waals surface area contributed by atoms with Gasteiger partial charge >= 0.3 is 0 Å². The van der Waals surface area contributed by atoms with Gasteiger partial charge in [0.1, 0.15) is 0 Å². The molecule has 0 amide bonds. The summed E-state index contributed by atoms with van der Waals surface area (Å²) in [4.78, 5) is 0. The quantitative estimate of drug-likeness (QED) is 0.665. The van der Waals surface area contributed by atoms with Gasteiger partial charge in [-0.15, -0.1) is 0 Å². The first-order valence-electron chi connectivity index (χ1n) is 8.85. The van der Waals surface area contributed by atoms with Crippen LogP contribution in [0.25, 0.3) is 0 Å². The second kappa shape index (κ2) is 7.33. The number of aryl methyl sites for hydroxylation is 1.